The van der Waals surface area contributed by atoms with Gasteiger partial charge < -0.3 is 14.6 Å². The van der Waals surface area contributed by atoms with Crippen molar-refractivity contribution < 1.29 is 14.6 Å². The molecular formula is C14H24N2O3S. The molecule has 0 spiro atoms. The summed E-state index contributed by atoms with van der Waals surface area (Å²) < 4.78 is 11.0. The molecule has 1 aliphatic rings. The van der Waals surface area contributed by atoms with E-state index >= 15 is 0 Å². The van der Waals surface area contributed by atoms with Gasteiger partial charge in [-0.2, -0.15) is 0 Å². The first-order valence-electron chi connectivity index (χ1n) is 7.10. The number of rotatable bonds is 8. The highest BCUT2D eigenvalue weighted by molar-refractivity contribution is 7.09. The first-order chi connectivity index (χ1) is 9.63. The third-order valence-electron chi connectivity index (χ3n) is 3.26. The number of hydrogen-bond donors (Lipinski definition) is 1. The van der Waals surface area contributed by atoms with Crippen LogP contribution in [0.15, 0.2) is 5.38 Å². The van der Waals surface area contributed by atoms with Crippen LogP contribution in [0.4, 0.5) is 0 Å². The molecule has 2 atom stereocenters. The Morgan fingerprint density at radius 2 is 2.50 bits per heavy atom. The third-order valence-corrected chi connectivity index (χ3v) is 4.08. The molecule has 0 amide bonds. The van der Waals surface area contributed by atoms with Gasteiger partial charge in [-0.15, -0.1) is 11.3 Å². The van der Waals surface area contributed by atoms with Crippen LogP contribution in [0.25, 0.3) is 0 Å². The predicted octanol–water partition coefficient (Wildman–Crippen LogP) is 1.44. The summed E-state index contributed by atoms with van der Waals surface area (Å²) in [5.41, 5.74) is 1.06. The number of nitrogens with zero attached hydrogens (tertiary/aromatic N) is 2. The molecule has 1 fully saturated rings. The summed E-state index contributed by atoms with van der Waals surface area (Å²) in [5.74, 6) is 0. The Balaban J connectivity index is 1.59. The van der Waals surface area contributed by atoms with E-state index in [4.69, 9.17) is 9.47 Å². The molecule has 0 saturated carbocycles. The van der Waals surface area contributed by atoms with Crippen molar-refractivity contribution in [3.63, 3.8) is 0 Å². The maximum atomic E-state index is 9.95. The van der Waals surface area contributed by atoms with Crippen molar-refractivity contribution in [2.24, 2.45) is 0 Å². The van der Waals surface area contributed by atoms with Gasteiger partial charge in [-0.05, 0) is 26.8 Å². The van der Waals surface area contributed by atoms with Crippen molar-refractivity contribution in [2.45, 2.75) is 38.5 Å². The number of aromatic nitrogens is 1. The standard InChI is InChI=1S/C14H24N2O3S/c1-11-15-12(10-20-11)6-16(2)7-13(17)8-18-9-14-4-3-5-19-14/h10,13-14,17H,3-9H2,1-2H3. The fraction of sp³-hybridized carbons (Fsp3) is 0.786. The van der Waals surface area contributed by atoms with Crippen molar-refractivity contribution >= 4 is 11.3 Å². The smallest absolute Gasteiger partial charge is 0.0900 e. The molecule has 5 nitrogen and oxygen atoms in total. The van der Waals surface area contributed by atoms with Crippen LogP contribution in [-0.4, -0.2) is 60.6 Å². The predicted molar refractivity (Wildman–Crippen MR) is 79.0 cm³/mol. The molecule has 1 N–H and O–H groups in total. The van der Waals surface area contributed by atoms with E-state index in [1.807, 2.05) is 14.0 Å². The Labute approximate surface area is 124 Å². The van der Waals surface area contributed by atoms with E-state index in [9.17, 15) is 5.11 Å². The van der Waals surface area contributed by atoms with Gasteiger partial charge in [0.2, 0.25) is 0 Å². The van der Waals surface area contributed by atoms with E-state index in [0.29, 0.717) is 19.8 Å². The Morgan fingerprint density at radius 1 is 1.65 bits per heavy atom. The molecule has 2 heterocycles. The first-order valence-corrected chi connectivity index (χ1v) is 7.98. The number of likely N-dealkylation sites (N-methyl/N-ethyl adjacent to an activating group) is 1. The number of aryl methyl sites for hydroxylation is 1. The number of hydrogen-bond acceptors (Lipinski definition) is 6. The molecule has 20 heavy (non-hydrogen) atoms. The summed E-state index contributed by atoms with van der Waals surface area (Å²) in [7, 11) is 1.98. The zero-order valence-electron chi connectivity index (χ0n) is 12.2. The van der Waals surface area contributed by atoms with Crippen LogP contribution in [0.5, 0.6) is 0 Å². The molecule has 114 valence electrons. The first kappa shape index (κ1) is 15.9. The Kier molecular flexibility index (Phi) is 6.38. The number of ether oxygens (including phenoxy) is 2. The van der Waals surface area contributed by atoms with Gasteiger partial charge in [-0.1, -0.05) is 0 Å². The average molecular weight is 300 g/mol. The summed E-state index contributed by atoms with van der Waals surface area (Å²) in [6, 6.07) is 0. The van der Waals surface area contributed by atoms with Gasteiger partial charge in [-0.25, -0.2) is 4.98 Å². The molecule has 1 saturated heterocycles. The molecule has 1 aliphatic heterocycles. The molecule has 0 aromatic carbocycles. The summed E-state index contributed by atoms with van der Waals surface area (Å²) in [5, 5.41) is 13.1. The lowest BCUT2D eigenvalue weighted by Crippen LogP contribution is -2.32. The molecule has 2 rings (SSSR count). The van der Waals surface area contributed by atoms with Gasteiger partial charge in [0.05, 0.1) is 36.1 Å². The molecule has 1 aromatic heterocycles. The quantitative estimate of drug-likeness (QED) is 0.787. The van der Waals surface area contributed by atoms with Gasteiger partial charge in [0.15, 0.2) is 0 Å². The molecule has 0 radical (unpaired) electrons. The highest BCUT2D eigenvalue weighted by Gasteiger charge is 2.16. The number of aliphatic hydroxyl groups excluding tert-OH is 1. The highest BCUT2D eigenvalue weighted by atomic mass is 32.1. The van der Waals surface area contributed by atoms with Crippen LogP contribution in [-0.2, 0) is 16.0 Å². The average Bonchev–Trinajstić information content (AvgIpc) is 3.01. The van der Waals surface area contributed by atoms with Crippen molar-refractivity contribution in [3.8, 4) is 0 Å². The van der Waals surface area contributed by atoms with Gasteiger partial charge in [0.1, 0.15) is 0 Å². The molecule has 1 aromatic rings. The van der Waals surface area contributed by atoms with Crippen molar-refractivity contribution in [3.05, 3.63) is 16.1 Å². The van der Waals surface area contributed by atoms with Crippen LogP contribution < -0.4 is 0 Å². The second-order valence-corrected chi connectivity index (χ2v) is 6.44. The number of aliphatic hydroxyl groups is 1. The van der Waals surface area contributed by atoms with E-state index in [1.54, 1.807) is 11.3 Å². The summed E-state index contributed by atoms with van der Waals surface area (Å²) in [6.07, 6.45) is 1.94. The van der Waals surface area contributed by atoms with E-state index < -0.39 is 6.10 Å². The molecular weight excluding hydrogens is 276 g/mol. The van der Waals surface area contributed by atoms with Gasteiger partial charge in [-0.3, -0.25) is 4.90 Å². The minimum Gasteiger partial charge on any atom is -0.389 e. The molecule has 0 bridgehead atoms. The third kappa shape index (κ3) is 5.46. The normalized spacial score (nSPS) is 20.7. The minimum absolute atomic E-state index is 0.220. The lowest BCUT2D eigenvalue weighted by atomic mass is 10.2. The molecule has 6 heteroatoms. The summed E-state index contributed by atoms with van der Waals surface area (Å²) in [4.78, 5) is 6.48. The van der Waals surface area contributed by atoms with Crippen molar-refractivity contribution in [1.82, 2.24) is 9.88 Å². The largest absolute Gasteiger partial charge is 0.389 e. The second-order valence-electron chi connectivity index (χ2n) is 5.38. The maximum Gasteiger partial charge on any atom is 0.0900 e. The highest BCUT2D eigenvalue weighted by Crippen LogP contribution is 2.12. The fourth-order valence-electron chi connectivity index (χ4n) is 2.35. The molecule has 2 unspecified atom stereocenters. The summed E-state index contributed by atoms with van der Waals surface area (Å²) >= 11 is 1.65. The zero-order valence-corrected chi connectivity index (χ0v) is 13.1. The van der Waals surface area contributed by atoms with E-state index in [1.165, 1.54) is 0 Å². The van der Waals surface area contributed by atoms with Crippen LogP contribution in [0.2, 0.25) is 0 Å². The lowest BCUT2D eigenvalue weighted by Gasteiger charge is -2.20. The SMILES string of the molecule is Cc1nc(CN(C)CC(O)COCC2CCCO2)cs1. The Bertz CT molecular complexity index is 394. The van der Waals surface area contributed by atoms with Crippen molar-refractivity contribution in [1.29, 1.82) is 0 Å². The minimum atomic E-state index is -0.471. The fourth-order valence-corrected chi connectivity index (χ4v) is 2.95. The van der Waals surface area contributed by atoms with Gasteiger partial charge in [0.25, 0.3) is 0 Å². The van der Waals surface area contributed by atoms with Crippen LogP contribution in [0.3, 0.4) is 0 Å². The van der Waals surface area contributed by atoms with Gasteiger partial charge in [0, 0.05) is 25.1 Å². The topological polar surface area (TPSA) is 54.8 Å². The van der Waals surface area contributed by atoms with Gasteiger partial charge >= 0.3 is 0 Å². The van der Waals surface area contributed by atoms with E-state index in [-0.39, 0.29) is 6.10 Å². The zero-order chi connectivity index (χ0) is 14.4. The van der Waals surface area contributed by atoms with Crippen molar-refractivity contribution in [2.75, 3.05) is 33.4 Å². The second kappa shape index (κ2) is 8.05. The van der Waals surface area contributed by atoms with E-state index in [2.05, 4.69) is 15.3 Å². The maximum absolute atomic E-state index is 9.95. The number of thiazole rings is 1. The van der Waals surface area contributed by atoms with Crippen LogP contribution >= 0.6 is 11.3 Å². The molecule has 0 aliphatic carbocycles. The van der Waals surface area contributed by atoms with Crippen LogP contribution in [0.1, 0.15) is 23.5 Å². The lowest BCUT2D eigenvalue weighted by molar-refractivity contribution is -0.0239. The van der Waals surface area contributed by atoms with E-state index in [0.717, 1.165) is 36.7 Å². The van der Waals surface area contributed by atoms with Crippen LogP contribution in [0, 0.1) is 6.92 Å². The Hall–Kier alpha value is -0.530. The summed E-state index contributed by atoms with van der Waals surface area (Å²) in [6.45, 7) is 5.13. The monoisotopic (exact) mass is 300 g/mol. The Morgan fingerprint density at radius 3 is 3.15 bits per heavy atom.